The van der Waals surface area contributed by atoms with E-state index >= 15 is 0 Å². The van der Waals surface area contributed by atoms with Crippen molar-refractivity contribution < 1.29 is 17.5 Å². The Bertz CT molecular complexity index is 748. The second-order valence-electron chi connectivity index (χ2n) is 4.48. The summed E-state index contributed by atoms with van der Waals surface area (Å²) < 4.78 is 46.2. The minimum atomic E-state index is -3.74. The zero-order valence-electron chi connectivity index (χ0n) is 11.8. The number of sulfonamides is 1. The van der Waals surface area contributed by atoms with Gasteiger partial charge in [-0.15, -0.1) is 0 Å². The highest BCUT2D eigenvalue weighted by atomic mass is 79.9. The molecule has 22 heavy (non-hydrogen) atoms. The highest BCUT2D eigenvalue weighted by Crippen LogP contribution is 2.27. The van der Waals surface area contributed by atoms with Gasteiger partial charge in [0.2, 0.25) is 10.0 Å². The van der Waals surface area contributed by atoms with Crippen LogP contribution in [0.25, 0.3) is 0 Å². The van der Waals surface area contributed by atoms with Gasteiger partial charge in [-0.25, -0.2) is 17.5 Å². The SMILES string of the molecule is CCOc1ccc(Br)cc1S(=O)(=O)NCc1ccc(F)cc1. The van der Waals surface area contributed by atoms with E-state index in [1.165, 1.54) is 30.3 Å². The van der Waals surface area contributed by atoms with Gasteiger partial charge in [-0.05, 0) is 42.8 Å². The molecule has 2 aromatic carbocycles. The molecule has 0 unspecified atom stereocenters. The smallest absolute Gasteiger partial charge is 0.244 e. The maximum atomic E-state index is 12.8. The van der Waals surface area contributed by atoms with Crippen molar-refractivity contribution in [1.29, 1.82) is 0 Å². The van der Waals surface area contributed by atoms with E-state index in [0.717, 1.165) is 0 Å². The van der Waals surface area contributed by atoms with E-state index in [2.05, 4.69) is 20.7 Å². The van der Waals surface area contributed by atoms with Crippen LogP contribution < -0.4 is 9.46 Å². The van der Waals surface area contributed by atoms with Crippen LogP contribution in [0, 0.1) is 5.82 Å². The van der Waals surface area contributed by atoms with Crippen molar-refractivity contribution in [3.8, 4) is 5.75 Å². The molecule has 1 N–H and O–H groups in total. The lowest BCUT2D eigenvalue weighted by Crippen LogP contribution is -2.24. The van der Waals surface area contributed by atoms with E-state index in [1.54, 1.807) is 19.1 Å². The monoisotopic (exact) mass is 387 g/mol. The molecule has 0 radical (unpaired) electrons. The minimum absolute atomic E-state index is 0.0610. The van der Waals surface area contributed by atoms with Crippen LogP contribution in [-0.4, -0.2) is 15.0 Å². The first-order valence-corrected chi connectivity index (χ1v) is 8.86. The van der Waals surface area contributed by atoms with Crippen molar-refractivity contribution in [2.24, 2.45) is 0 Å². The lowest BCUT2D eigenvalue weighted by Gasteiger charge is -2.12. The van der Waals surface area contributed by atoms with Gasteiger partial charge in [0.15, 0.2) is 0 Å². The molecule has 118 valence electrons. The average molecular weight is 388 g/mol. The van der Waals surface area contributed by atoms with Crippen LogP contribution in [-0.2, 0) is 16.6 Å². The van der Waals surface area contributed by atoms with E-state index in [4.69, 9.17) is 4.74 Å². The number of ether oxygens (including phenoxy) is 1. The van der Waals surface area contributed by atoms with Crippen molar-refractivity contribution in [2.75, 3.05) is 6.61 Å². The zero-order valence-corrected chi connectivity index (χ0v) is 14.2. The van der Waals surface area contributed by atoms with Gasteiger partial charge in [0.25, 0.3) is 0 Å². The summed E-state index contributed by atoms with van der Waals surface area (Å²) in [5.74, 6) is -0.0745. The number of benzene rings is 2. The van der Waals surface area contributed by atoms with Crippen molar-refractivity contribution in [3.63, 3.8) is 0 Å². The molecule has 0 aliphatic rings. The van der Waals surface area contributed by atoms with Crippen LogP contribution in [0.2, 0.25) is 0 Å². The molecular formula is C15H15BrFNO3S. The summed E-state index contributed by atoms with van der Waals surface area (Å²) in [6.45, 7) is 2.22. The topological polar surface area (TPSA) is 55.4 Å². The molecule has 2 aromatic rings. The third-order valence-electron chi connectivity index (χ3n) is 2.87. The summed E-state index contributed by atoms with van der Waals surface area (Å²) in [6.07, 6.45) is 0. The highest BCUT2D eigenvalue weighted by Gasteiger charge is 2.20. The molecule has 0 bridgehead atoms. The molecule has 0 aromatic heterocycles. The van der Waals surface area contributed by atoms with Gasteiger partial charge in [-0.3, -0.25) is 0 Å². The number of rotatable bonds is 6. The van der Waals surface area contributed by atoms with Gasteiger partial charge < -0.3 is 4.74 Å². The maximum Gasteiger partial charge on any atom is 0.244 e. The first-order chi connectivity index (χ1) is 10.4. The van der Waals surface area contributed by atoms with Crippen molar-refractivity contribution >= 4 is 26.0 Å². The van der Waals surface area contributed by atoms with E-state index in [0.29, 0.717) is 16.6 Å². The van der Waals surface area contributed by atoms with Crippen molar-refractivity contribution in [3.05, 3.63) is 58.3 Å². The van der Waals surface area contributed by atoms with Gasteiger partial charge in [0.1, 0.15) is 16.5 Å². The summed E-state index contributed by atoms with van der Waals surface area (Å²) >= 11 is 3.25. The lowest BCUT2D eigenvalue weighted by molar-refractivity contribution is 0.331. The van der Waals surface area contributed by atoms with Crippen LogP contribution in [0.15, 0.2) is 51.8 Å². The fraction of sp³-hybridized carbons (Fsp3) is 0.200. The van der Waals surface area contributed by atoms with Crippen molar-refractivity contribution in [2.45, 2.75) is 18.4 Å². The van der Waals surface area contributed by atoms with E-state index in [1.807, 2.05) is 0 Å². The van der Waals surface area contributed by atoms with Crippen LogP contribution in [0.4, 0.5) is 4.39 Å². The molecule has 2 rings (SSSR count). The standard InChI is InChI=1S/C15H15BrFNO3S/c1-2-21-14-8-5-12(16)9-15(14)22(19,20)18-10-11-3-6-13(17)7-4-11/h3-9,18H,2,10H2,1H3. The van der Waals surface area contributed by atoms with Crippen LogP contribution >= 0.6 is 15.9 Å². The van der Waals surface area contributed by atoms with Crippen molar-refractivity contribution in [1.82, 2.24) is 4.72 Å². The van der Waals surface area contributed by atoms with Crippen LogP contribution in [0.1, 0.15) is 12.5 Å². The molecule has 0 heterocycles. The number of hydrogen-bond donors (Lipinski definition) is 1. The Morgan fingerprint density at radius 2 is 1.86 bits per heavy atom. The Kier molecular flexibility index (Phi) is 5.55. The Hall–Kier alpha value is -1.44. The second-order valence-corrected chi connectivity index (χ2v) is 7.13. The zero-order chi connectivity index (χ0) is 16.2. The second kappa shape index (κ2) is 7.21. The largest absolute Gasteiger partial charge is 0.492 e. The van der Waals surface area contributed by atoms with E-state index in [9.17, 15) is 12.8 Å². The molecule has 0 fully saturated rings. The van der Waals surface area contributed by atoms with E-state index in [-0.39, 0.29) is 23.0 Å². The van der Waals surface area contributed by atoms with E-state index < -0.39 is 10.0 Å². The highest BCUT2D eigenvalue weighted by molar-refractivity contribution is 9.10. The minimum Gasteiger partial charge on any atom is -0.492 e. The fourth-order valence-electron chi connectivity index (χ4n) is 1.83. The quantitative estimate of drug-likeness (QED) is 0.825. The third kappa shape index (κ3) is 4.28. The summed E-state index contributed by atoms with van der Waals surface area (Å²) in [4.78, 5) is 0.0610. The Morgan fingerprint density at radius 3 is 2.50 bits per heavy atom. The summed E-state index contributed by atoms with van der Waals surface area (Å²) in [5, 5.41) is 0. The molecule has 0 amide bonds. The van der Waals surface area contributed by atoms with Crippen LogP contribution in [0.3, 0.4) is 0 Å². The molecule has 0 atom stereocenters. The molecule has 7 heteroatoms. The molecule has 0 aliphatic heterocycles. The fourth-order valence-corrected chi connectivity index (χ4v) is 3.52. The van der Waals surface area contributed by atoms with Gasteiger partial charge in [-0.2, -0.15) is 0 Å². The molecule has 4 nitrogen and oxygen atoms in total. The molecule has 0 saturated heterocycles. The number of hydrogen-bond acceptors (Lipinski definition) is 3. The van der Waals surface area contributed by atoms with Crippen LogP contribution in [0.5, 0.6) is 5.75 Å². The molecular weight excluding hydrogens is 373 g/mol. The summed E-state index contributed by atoms with van der Waals surface area (Å²) in [6, 6.07) is 10.4. The summed E-state index contributed by atoms with van der Waals surface area (Å²) in [7, 11) is -3.74. The Balaban J connectivity index is 2.22. The lowest BCUT2D eigenvalue weighted by atomic mass is 10.2. The molecule has 0 spiro atoms. The normalized spacial score (nSPS) is 11.4. The van der Waals surface area contributed by atoms with Gasteiger partial charge in [0, 0.05) is 11.0 Å². The number of nitrogens with one attached hydrogen (secondary N) is 1. The first kappa shape index (κ1) is 16.9. The predicted octanol–water partition coefficient (Wildman–Crippen LogP) is 3.47. The molecule has 0 saturated carbocycles. The van der Waals surface area contributed by atoms with Gasteiger partial charge in [0.05, 0.1) is 6.61 Å². The predicted molar refractivity (Wildman–Crippen MR) is 85.7 cm³/mol. The van der Waals surface area contributed by atoms with Gasteiger partial charge >= 0.3 is 0 Å². The van der Waals surface area contributed by atoms with Gasteiger partial charge in [-0.1, -0.05) is 28.1 Å². The Labute approximate surface area is 137 Å². The number of halogens is 2. The first-order valence-electron chi connectivity index (χ1n) is 6.59. The third-order valence-corrected chi connectivity index (χ3v) is 4.79. The Morgan fingerprint density at radius 1 is 1.18 bits per heavy atom. The molecule has 0 aliphatic carbocycles. The summed E-state index contributed by atoms with van der Waals surface area (Å²) in [5.41, 5.74) is 0.665. The average Bonchev–Trinajstić information content (AvgIpc) is 2.49. The maximum absolute atomic E-state index is 12.8.